The highest BCUT2D eigenvalue weighted by molar-refractivity contribution is 6.17. The van der Waals surface area contributed by atoms with Crippen LogP contribution in [0.2, 0.25) is 0 Å². The average molecular weight is 393 g/mol. The van der Waals surface area contributed by atoms with Crippen LogP contribution in [-0.2, 0) is 6.54 Å². The van der Waals surface area contributed by atoms with Crippen molar-refractivity contribution in [3.63, 3.8) is 0 Å². The minimum absolute atomic E-state index is 0.352. The van der Waals surface area contributed by atoms with E-state index in [4.69, 9.17) is 5.73 Å². The fraction of sp³-hybridized carbons (Fsp3) is 0.0385. The summed E-state index contributed by atoms with van der Waals surface area (Å²) in [6, 6.07) is 29.7. The Balaban J connectivity index is 1.72. The van der Waals surface area contributed by atoms with Gasteiger partial charge < -0.3 is 10.3 Å². The van der Waals surface area contributed by atoms with Gasteiger partial charge in [-0.3, -0.25) is 4.79 Å². The van der Waals surface area contributed by atoms with Gasteiger partial charge in [0.05, 0.1) is 11.0 Å². The number of nitrogens with two attached hydrogens (primary N) is 1. The van der Waals surface area contributed by atoms with Gasteiger partial charge in [0, 0.05) is 22.9 Å². The van der Waals surface area contributed by atoms with E-state index in [9.17, 15) is 9.18 Å². The topological polar surface area (TPSA) is 48.0 Å². The molecule has 0 atom stereocenters. The number of fused-ring (bicyclic) bond motifs is 3. The van der Waals surface area contributed by atoms with Gasteiger partial charge in [-0.05, 0) is 47.0 Å². The monoisotopic (exact) mass is 393 g/mol. The molecule has 5 rings (SSSR count). The van der Waals surface area contributed by atoms with Crippen LogP contribution in [0.4, 0.5) is 4.39 Å². The molecule has 0 fully saturated rings. The predicted molar refractivity (Wildman–Crippen MR) is 118 cm³/mol. The van der Waals surface area contributed by atoms with Crippen molar-refractivity contribution in [2.24, 2.45) is 5.73 Å². The van der Waals surface area contributed by atoms with E-state index in [1.165, 1.54) is 12.1 Å². The largest absolute Gasteiger partial charge is 0.366 e. The number of halogens is 1. The Morgan fingerprint density at radius 1 is 0.933 bits per heavy atom. The van der Waals surface area contributed by atoms with Crippen LogP contribution in [0, 0.1) is 11.9 Å². The maximum Gasteiger partial charge on any atom is 0.249 e. The number of carbonyl (C=O) groups is 1. The quantitative estimate of drug-likeness (QED) is 0.428. The summed E-state index contributed by atoms with van der Waals surface area (Å²) in [5.41, 5.74) is 10.4. The molecule has 0 aliphatic carbocycles. The molecular formula is C26H18FN2O. The Labute approximate surface area is 173 Å². The van der Waals surface area contributed by atoms with E-state index in [0.29, 0.717) is 28.4 Å². The number of benzene rings is 4. The fourth-order valence-electron chi connectivity index (χ4n) is 4.10. The second kappa shape index (κ2) is 7.16. The van der Waals surface area contributed by atoms with Crippen LogP contribution < -0.4 is 5.73 Å². The van der Waals surface area contributed by atoms with Crippen LogP contribution >= 0.6 is 0 Å². The Hall–Kier alpha value is -3.92. The summed E-state index contributed by atoms with van der Waals surface area (Å²) in [5, 5.41) is 1.21. The van der Waals surface area contributed by atoms with Crippen molar-refractivity contribution in [2.75, 3.05) is 0 Å². The van der Waals surface area contributed by atoms with Crippen molar-refractivity contribution < 1.29 is 9.18 Å². The smallest absolute Gasteiger partial charge is 0.249 e. The van der Waals surface area contributed by atoms with E-state index >= 15 is 0 Å². The highest BCUT2D eigenvalue weighted by Gasteiger charge is 2.19. The van der Waals surface area contributed by atoms with Crippen LogP contribution in [0.15, 0.2) is 84.9 Å². The molecule has 4 heteroatoms. The molecule has 3 nitrogen and oxygen atoms in total. The average Bonchev–Trinajstić information content (AvgIpc) is 3.09. The first-order valence-corrected chi connectivity index (χ1v) is 9.69. The van der Waals surface area contributed by atoms with E-state index in [1.807, 2.05) is 41.0 Å². The molecule has 2 N–H and O–H groups in total. The van der Waals surface area contributed by atoms with Crippen LogP contribution in [0.1, 0.15) is 15.9 Å². The van der Waals surface area contributed by atoms with E-state index in [0.717, 1.165) is 22.2 Å². The second-order valence-electron chi connectivity index (χ2n) is 7.27. The van der Waals surface area contributed by atoms with Gasteiger partial charge in [-0.25, -0.2) is 4.39 Å². The zero-order valence-electron chi connectivity index (χ0n) is 16.1. The Morgan fingerprint density at radius 2 is 1.70 bits per heavy atom. The van der Waals surface area contributed by atoms with Gasteiger partial charge in [0.2, 0.25) is 5.91 Å². The molecule has 0 saturated carbocycles. The molecular weight excluding hydrogens is 375 g/mol. The first-order chi connectivity index (χ1) is 14.6. The summed E-state index contributed by atoms with van der Waals surface area (Å²) in [4.78, 5) is 12.0. The van der Waals surface area contributed by atoms with Crippen LogP contribution in [0.5, 0.6) is 0 Å². The minimum Gasteiger partial charge on any atom is -0.366 e. The number of primary amides is 1. The maximum atomic E-state index is 14.9. The molecule has 1 heterocycles. The third-order valence-corrected chi connectivity index (χ3v) is 5.41. The Kier molecular flexibility index (Phi) is 4.32. The molecule has 4 aromatic carbocycles. The lowest BCUT2D eigenvalue weighted by Gasteiger charge is -2.10. The zero-order chi connectivity index (χ0) is 20.7. The van der Waals surface area contributed by atoms with Gasteiger partial charge in [-0.2, -0.15) is 0 Å². The number of hydrogen-bond acceptors (Lipinski definition) is 1. The summed E-state index contributed by atoms with van der Waals surface area (Å²) >= 11 is 0. The number of hydrogen-bond donors (Lipinski definition) is 1. The van der Waals surface area contributed by atoms with Crippen LogP contribution in [-0.4, -0.2) is 10.5 Å². The highest BCUT2D eigenvalue weighted by atomic mass is 19.1. The first kappa shape index (κ1) is 18.1. The fourth-order valence-corrected chi connectivity index (χ4v) is 4.10. The first-order valence-electron chi connectivity index (χ1n) is 9.69. The summed E-state index contributed by atoms with van der Waals surface area (Å²) in [7, 11) is 0. The number of nitrogens with zero attached hydrogens (tertiary/aromatic N) is 1. The molecule has 1 aromatic heterocycles. The molecule has 0 spiro atoms. The van der Waals surface area contributed by atoms with Crippen molar-refractivity contribution in [1.82, 2.24) is 4.57 Å². The second-order valence-corrected chi connectivity index (χ2v) is 7.27. The molecule has 0 saturated heterocycles. The van der Waals surface area contributed by atoms with Gasteiger partial charge in [-0.15, -0.1) is 0 Å². The lowest BCUT2D eigenvalue weighted by Crippen LogP contribution is -2.11. The Bertz CT molecular complexity index is 1400. The zero-order valence-corrected chi connectivity index (χ0v) is 16.1. The molecule has 1 amide bonds. The molecule has 0 aliphatic heterocycles. The van der Waals surface area contributed by atoms with E-state index in [-0.39, 0.29) is 5.82 Å². The normalized spacial score (nSPS) is 11.2. The van der Waals surface area contributed by atoms with Gasteiger partial charge >= 0.3 is 0 Å². The standard InChI is InChI=1S/C26H18FN2O/c27-22-13-5-11-20-24-21(26(28)30)12-6-14-23(24)29(25(20)22)16-17-7-4-10-19(15-17)18-8-2-1-3-9-18/h1-10,12-15H,16H2,(H2,28,30). The molecule has 0 bridgehead atoms. The summed E-state index contributed by atoms with van der Waals surface area (Å²) in [6.45, 7) is 0.456. The van der Waals surface area contributed by atoms with Gasteiger partial charge in [0.1, 0.15) is 5.82 Å². The van der Waals surface area contributed by atoms with Crippen LogP contribution in [0.3, 0.4) is 0 Å². The van der Waals surface area contributed by atoms with Crippen LogP contribution in [0.25, 0.3) is 32.9 Å². The summed E-state index contributed by atoms with van der Waals surface area (Å²) in [6.07, 6.45) is 0. The summed E-state index contributed by atoms with van der Waals surface area (Å²) < 4.78 is 16.8. The van der Waals surface area contributed by atoms with E-state index in [2.05, 4.69) is 30.3 Å². The number of rotatable bonds is 4. The van der Waals surface area contributed by atoms with Crippen molar-refractivity contribution in [3.8, 4) is 11.1 Å². The van der Waals surface area contributed by atoms with Crippen molar-refractivity contribution in [3.05, 3.63) is 108 Å². The van der Waals surface area contributed by atoms with Gasteiger partial charge in [-0.1, -0.05) is 60.7 Å². The highest BCUT2D eigenvalue weighted by Crippen LogP contribution is 2.33. The van der Waals surface area contributed by atoms with Gasteiger partial charge in [0.15, 0.2) is 0 Å². The molecule has 0 aliphatic rings. The molecule has 0 unspecified atom stereocenters. The maximum absolute atomic E-state index is 14.9. The summed E-state index contributed by atoms with van der Waals surface area (Å²) in [5.74, 6) is -0.891. The number of aromatic nitrogens is 1. The van der Waals surface area contributed by atoms with E-state index in [1.54, 1.807) is 12.1 Å². The third-order valence-electron chi connectivity index (χ3n) is 5.41. The van der Waals surface area contributed by atoms with Crippen molar-refractivity contribution in [1.29, 1.82) is 0 Å². The Morgan fingerprint density at radius 3 is 2.50 bits per heavy atom. The van der Waals surface area contributed by atoms with Crippen molar-refractivity contribution >= 4 is 27.7 Å². The molecule has 5 aromatic rings. The lowest BCUT2D eigenvalue weighted by atomic mass is 10.0. The predicted octanol–water partition coefficient (Wildman–Crippen LogP) is 5.55. The van der Waals surface area contributed by atoms with Crippen molar-refractivity contribution in [2.45, 2.75) is 6.54 Å². The van der Waals surface area contributed by atoms with Gasteiger partial charge in [0.25, 0.3) is 0 Å². The number of amides is 1. The SMILES string of the molecule is NC(=O)c1cccc2c1c1[c]ccc(F)c1n2Cc1cccc(-c2ccccc2)c1. The number of carbonyl (C=O) groups excluding carboxylic acids is 1. The molecule has 1 radical (unpaired) electrons. The minimum atomic E-state index is -0.539. The van der Waals surface area contributed by atoms with E-state index < -0.39 is 5.91 Å². The third kappa shape index (κ3) is 2.94. The molecule has 145 valence electrons. The molecule has 30 heavy (non-hydrogen) atoms. The lowest BCUT2D eigenvalue weighted by molar-refractivity contribution is 0.100.